The summed E-state index contributed by atoms with van der Waals surface area (Å²) >= 11 is 3.59. The Morgan fingerprint density at radius 3 is 2.67 bits per heavy atom. The van der Waals surface area contributed by atoms with Crippen LogP contribution in [0, 0.1) is 0 Å². The Bertz CT molecular complexity index is 1280. The lowest BCUT2D eigenvalue weighted by molar-refractivity contribution is 0.0521. The van der Waals surface area contributed by atoms with E-state index in [0.717, 1.165) is 21.3 Å². The predicted molar refractivity (Wildman–Crippen MR) is 144 cm³/mol. The summed E-state index contributed by atoms with van der Waals surface area (Å²) in [6.07, 6.45) is 7.75. The number of halogens is 1. The lowest BCUT2D eigenvalue weighted by Crippen LogP contribution is -2.25. The molecule has 6 nitrogen and oxygen atoms in total. The molecule has 7 heteroatoms. The van der Waals surface area contributed by atoms with Crippen LogP contribution in [0.2, 0.25) is 0 Å². The first-order chi connectivity index (χ1) is 17.5. The molecule has 0 spiro atoms. The molecule has 2 heterocycles. The first kappa shape index (κ1) is 25.4. The van der Waals surface area contributed by atoms with E-state index in [1.54, 1.807) is 31.3 Å². The molecule has 184 valence electrons. The summed E-state index contributed by atoms with van der Waals surface area (Å²) in [5.41, 5.74) is 2.17. The molecule has 1 aliphatic rings. The molecule has 36 heavy (non-hydrogen) atoms. The van der Waals surface area contributed by atoms with Crippen molar-refractivity contribution in [2.75, 3.05) is 13.2 Å². The van der Waals surface area contributed by atoms with Gasteiger partial charge in [0.25, 0.3) is 0 Å². The van der Waals surface area contributed by atoms with Gasteiger partial charge in [-0.1, -0.05) is 58.9 Å². The zero-order valence-electron chi connectivity index (χ0n) is 20.0. The second kappa shape index (κ2) is 11.8. The zero-order valence-corrected chi connectivity index (χ0v) is 21.6. The number of nitrogens with zero attached hydrogens (tertiary/aromatic N) is 2. The lowest BCUT2D eigenvalue weighted by Gasteiger charge is -2.26. The summed E-state index contributed by atoms with van der Waals surface area (Å²) in [5, 5.41) is 0. The van der Waals surface area contributed by atoms with Gasteiger partial charge in [-0.15, -0.1) is 0 Å². The number of hydrogen-bond acceptors (Lipinski definition) is 6. The number of carbonyl (C=O) groups is 1. The molecule has 1 aromatic heterocycles. The van der Waals surface area contributed by atoms with Crippen molar-refractivity contribution in [2.24, 2.45) is 4.99 Å². The molecule has 2 aromatic carbocycles. The van der Waals surface area contributed by atoms with Crippen LogP contribution < -0.4 is 9.47 Å². The molecule has 3 aromatic rings. The average molecular weight is 547 g/mol. The van der Waals surface area contributed by atoms with Gasteiger partial charge in [0, 0.05) is 17.1 Å². The predicted octanol–water partition coefficient (Wildman–Crippen LogP) is 6.24. The molecular weight excluding hydrogens is 520 g/mol. The minimum absolute atomic E-state index is 0.190. The van der Waals surface area contributed by atoms with Gasteiger partial charge in [0.15, 0.2) is 0 Å². The van der Waals surface area contributed by atoms with E-state index < -0.39 is 11.5 Å². The normalized spacial score (nSPS) is 16.1. The molecule has 1 atom stereocenters. The fourth-order valence-corrected chi connectivity index (χ4v) is 4.32. The van der Waals surface area contributed by atoms with Crippen molar-refractivity contribution in [1.29, 1.82) is 0 Å². The van der Waals surface area contributed by atoms with E-state index in [0.29, 0.717) is 18.7 Å². The summed E-state index contributed by atoms with van der Waals surface area (Å²) in [6, 6.07) is 19.4. The van der Waals surface area contributed by atoms with E-state index in [1.807, 2.05) is 60.7 Å². The third kappa shape index (κ3) is 5.91. The Hall–Kier alpha value is -3.71. The monoisotopic (exact) mass is 546 g/mol. The number of hydrogen-bond donors (Lipinski definition) is 0. The first-order valence-electron chi connectivity index (χ1n) is 11.6. The number of allylic oxidation sites excluding steroid dienone is 1. The lowest BCUT2D eigenvalue weighted by atomic mass is 9.87. The van der Waals surface area contributed by atoms with E-state index in [9.17, 15) is 4.79 Å². The molecule has 0 aliphatic carbocycles. The number of aliphatic imine (C=N–C) groups is 1. The molecule has 0 bridgehead atoms. The van der Waals surface area contributed by atoms with Crippen LogP contribution in [0.1, 0.15) is 34.1 Å². The molecule has 1 aliphatic heterocycles. The summed E-state index contributed by atoms with van der Waals surface area (Å²) in [7, 11) is 0. The van der Waals surface area contributed by atoms with Gasteiger partial charge in [-0.05, 0) is 60.5 Å². The van der Waals surface area contributed by atoms with Gasteiger partial charge in [0.2, 0.25) is 5.88 Å². The molecule has 0 saturated carbocycles. The van der Waals surface area contributed by atoms with Crippen LogP contribution in [0.5, 0.6) is 11.6 Å². The SMILES string of the molecule is C=CCOc1nc(C2(Cc3cc(Br)ccc3OCc3ccccc3)C=CC=N2)ccc1C(=O)OCC. The van der Waals surface area contributed by atoms with Crippen molar-refractivity contribution in [3.63, 3.8) is 0 Å². The molecule has 0 radical (unpaired) electrons. The summed E-state index contributed by atoms with van der Waals surface area (Å²) < 4.78 is 18.1. The van der Waals surface area contributed by atoms with Crippen LogP contribution >= 0.6 is 15.9 Å². The molecule has 0 N–H and O–H groups in total. The second-order valence-corrected chi connectivity index (χ2v) is 9.05. The number of aromatic nitrogens is 1. The van der Waals surface area contributed by atoms with Gasteiger partial charge in [0.05, 0.1) is 12.3 Å². The highest BCUT2D eigenvalue weighted by atomic mass is 79.9. The van der Waals surface area contributed by atoms with Crippen molar-refractivity contribution in [3.05, 3.63) is 112 Å². The van der Waals surface area contributed by atoms with Gasteiger partial charge in [-0.2, -0.15) is 0 Å². The topological polar surface area (TPSA) is 70.0 Å². The van der Waals surface area contributed by atoms with Crippen LogP contribution in [-0.2, 0) is 23.3 Å². The number of ether oxygens (including phenoxy) is 3. The third-order valence-electron chi connectivity index (χ3n) is 5.62. The van der Waals surface area contributed by atoms with Gasteiger partial charge in [-0.25, -0.2) is 9.78 Å². The van der Waals surface area contributed by atoms with E-state index in [-0.39, 0.29) is 24.7 Å². The Morgan fingerprint density at radius 1 is 1.11 bits per heavy atom. The fourth-order valence-electron chi connectivity index (χ4n) is 3.91. The Labute approximate surface area is 219 Å². The largest absolute Gasteiger partial charge is 0.489 e. The van der Waals surface area contributed by atoms with Crippen molar-refractivity contribution in [2.45, 2.75) is 25.5 Å². The van der Waals surface area contributed by atoms with Crippen LogP contribution in [0.4, 0.5) is 0 Å². The Morgan fingerprint density at radius 2 is 1.94 bits per heavy atom. The average Bonchev–Trinajstić information content (AvgIpc) is 3.37. The van der Waals surface area contributed by atoms with Gasteiger partial charge >= 0.3 is 5.97 Å². The maximum absolute atomic E-state index is 12.5. The molecule has 0 saturated heterocycles. The smallest absolute Gasteiger partial charge is 0.343 e. The molecule has 1 unspecified atom stereocenters. The summed E-state index contributed by atoms with van der Waals surface area (Å²) in [5.74, 6) is 0.470. The second-order valence-electron chi connectivity index (χ2n) is 8.13. The highest BCUT2D eigenvalue weighted by Crippen LogP contribution is 2.38. The number of benzene rings is 2. The quantitative estimate of drug-likeness (QED) is 0.210. The van der Waals surface area contributed by atoms with Crippen molar-refractivity contribution < 1.29 is 19.0 Å². The Balaban J connectivity index is 1.68. The zero-order chi connectivity index (χ0) is 25.4. The van der Waals surface area contributed by atoms with Crippen LogP contribution in [0.15, 0.2) is 94.9 Å². The fraction of sp³-hybridized carbons (Fsp3) is 0.207. The number of esters is 1. The maximum Gasteiger partial charge on any atom is 0.343 e. The molecule has 0 amide bonds. The summed E-state index contributed by atoms with van der Waals surface area (Å²) in [4.78, 5) is 22.0. The van der Waals surface area contributed by atoms with Gasteiger partial charge in [-0.3, -0.25) is 4.99 Å². The minimum Gasteiger partial charge on any atom is -0.489 e. The highest BCUT2D eigenvalue weighted by Gasteiger charge is 2.35. The van der Waals surface area contributed by atoms with Gasteiger partial charge < -0.3 is 14.2 Å². The van der Waals surface area contributed by atoms with E-state index in [2.05, 4.69) is 22.5 Å². The number of rotatable bonds is 11. The molecule has 4 rings (SSSR count). The van der Waals surface area contributed by atoms with Gasteiger partial charge in [0.1, 0.15) is 30.1 Å². The van der Waals surface area contributed by atoms with Crippen LogP contribution in [0.25, 0.3) is 0 Å². The first-order valence-corrected chi connectivity index (χ1v) is 12.4. The number of pyridine rings is 1. The highest BCUT2D eigenvalue weighted by molar-refractivity contribution is 9.10. The van der Waals surface area contributed by atoms with Crippen LogP contribution in [0.3, 0.4) is 0 Å². The van der Waals surface area contributed by atoms with Crippen LogP contribution in [-0.4, -0.2) is 30.4 Å². The van der Waals surface area contributed by atoms with Crippen molar-refractivity contribution >= 4 is 28.1 Å². The standard InChI is InChI=1S/C29H27BrN2O4/c1-3-17-35-27-24(28(33)34-4-2)12-14-26(32-27)29(15-8-16-31-29)19-22-18-23(30)11-13-25(22)36-20-21-9-6-5-7-10-21/h3,5-16,18H,1,4,17,19-20H2,2H3. The number of carbonyl (C=O) groups excluding carboxylic acids is 1. The Kier molecular flexibility index (Phi) is 8.33. The van der Waals surface area contributed by atoms with E-state index >= 15 is 0 Å². The molecule has 0 fully saturated rings. The van der Waals surface area contributed by atoms with Crippen molar-refractivity contribution in [3.8, 4) is 11.6 Å². The van der Waals surface area contributed by atoms with E-state index in [1.165, 1.54) is 0 Å². The third-order valence-corrected chi connectivity index (χ3v) is 6.11. The van der Waals surface area contributed by atoms with E-state index in [4.69, 9.17) is 24.2 Å². The maximum atomic E-state index is 12.5. The van der Waals surface area contributed by atoms with Crippen molar-refractivity contribution in [1.82, 2.24) is 4.98 Å². The summed E-state index contributed by atoms with van der Waals surface area (Å²) in [6.45, 7) is 6.36. The minimum atomic E-state index is -0.787. The molecular formula is C29H27BrN2O4.